The standard InChI is InChI=1S/C53H61N3O14/c1-50(2,3)67-40(59)23-21-36(29-57)54-46(60)37(24-31-14-8-7-9-15-31)55(6)49(63)53-27-38-41-42(69-52(68-41)25-33-17-11-12-18-34(33)26-52)44(53)70-56(43(53)47(61)65-38)28-35-19-13-10-16-32(35)20-22-39(58)66-45-48(62)64-30-51(45,4)5/h7-20,22,36-38,41-45,57H,21,23-30H2,1-6H3,(H,54,60)/t36-,37+,38+,41-,42-,43-,44+,45-,53-/m0/s1. The van der Waals surface area contributed by atoms with Gasteiger partial charge >= 0.3 is 23.9 Å². The second kappa shape index (κ2) is 19.0. The average molecular weight is 964 g/mol. The van der Waals surface area contributed by atoms with Gasteiger partial charge in [-0.1, -0.05) is 92.7 Å². The normalized spacial score (nSPS) is 27.8. The number of esters is 4. The molecule has 2 bridgehead atoms. The van der Waals surface area contributed by atoms with Crippen molar-refractivity contribution < 1.29 is 67.1 Å². The van der Waals surface area contributed by atoms with Crippen molar-refractivity contribution in [1.29, 1.82) is 0 Å². The highest BCUT2D eigenvalue weighted by atomic mass is 16.8. The zero-order valence-electron chi connectivity index (χ0n) is 40.3. The number of carbonyl (C=O) groups excluding carboxylic acids is 6. The van der Waals surface area contributed by atoms with Crippen LogP contribution in [0.1, 0.15) is 81.7 Å². The van der Waals surface area contributed by atoms with Crippen molar-refractivity contribution in [3.05, 3.63) is 113 Å². The molecular weight excluding hydrogens is 903 g/mol. The Hall–Kier alpha value is -5.98. The van der Waals surface area contributed by atoms with Crippen molar-refractivity contribution in [2.75, 3.05) is 20.3 Å². The highest BCUT2D eigenvalue weighted by molar-refractivity contribution is 5.96. The largest absolute Gasteiger partial charge is 0.462 e. The van der Waals surface area contributed by atoms with Gasteiger partial charge in [0.25, 0.3) is 0 Å². The molecule has 0 unspecified atom stereocenters. The van der Waals surface area contributed by atoms with E-state index in [1.54, 1.807) is 65.0 Å². The smallest absolute Gasteiger partial charge is 0.348 e. The first-order chi connectivity index (χ1) is 33.3. The average Bonchev–Trinajstić information content (AvgIpc) is 4.06. The van der Waals surface area contributed by atoms with Gasteiger partial charge in [-0.15, -0.1) is 0 Å². The molecule has 0 radical (unpaired) electrons. The quantitative estimate of drug-likeness (QED) is 0.126. The summed E-state index contributed by atoms with van der Waals surface area (Å²) in [6.07, 6.45) is -1.09. The Balaban J connectivity index is 1.04. The lowest BCUT2D eigenvalue weighted by Gasteiger charge is -2.50. The van der Waals surface area contributed by atoms with E-state index in [1.807, 2.05) is 54.6 Å². The Morgan fingerprint density at radius 2 is 1.60 bits per heavy atom. The van der Waals surface area contributed by atoms with Gasteiger partial charge in [-0.05, 0) is 61.1 Å². The minimum Gasteiger partial charge on any atom is -0.462 e. The van der Waals surface area contributed by atoms with Crippen LogP contribution in [0.5, 0.6) is 0 Å². The third kappa shape index (κ3) is 9.49. The van der Waals surface area contributed by atoms with Gasteiger partial charge in [0.15, 0.2) is 11.8 Å². The summed E-state index contributed by atoms with van der Waals surface area (Å²) in [4.78, 5) is 91.7. The van der Waals surface area contributed by atoms with Crippen LogP contribution >= 0.6 is 0 Å². The van der Waals surface area contributed by atoms with Crippen LogP contribution in [-0.2, 0) is 87.8 Å². The summed E-state index contributed by atoms with van der Waals surface area (Å²) in [5, 5.41) is 14.8. The fraction of sp³-hybridized carbons (Fsp3) is 0.509. The number of cyclic esters (lactones) is 1. The van der Waals surface area contributed by atoms with Crippen molar-refractivity contribution in [1.82, 2.24) is 15.3 Å². The van der Waals surface area contributed by atoms with Crippen LogP contribution in [0.3, 0.4) is 0 Å². The number of likely N-dealkylation sites (N-methyl/N-ethyl adjacent to an activating group) is 1. The molecular formula is C53H61N3O14. The maximum atomic E-state index is 15.9. The van der Waals surface area contributed by atoms with E-state index in [1.165, 1.54) is 23.1 Å². The molecule has 4 saturated heterocycles. The Morgan fingerprint density at radius 3 is 2.27 bits per heavy atom. The number of amides is 2. The number of nitrogens with one attached hydrogen (secondary N) is 1. The Bertz CT molecular complexity index is 2530. The number of hydrogen-bond acceptors (Lipinski definition) is 15. The molecule has 372 valence electrons. The Morgan fingerprint density at radius 1 is 0.929 bits per heavy atom. The maximum Gasteiger partial charge on any atom is 0.348 e. The van der Waals surface area contributed by atoms with Gasteiger partial charge in [0.1, 0.15) is 48.1 Å². The highest BCUT2D eigenvalue weighted by Gasteiger charge is 2.77. The number of ether oxygens (including phenoxy) is 6. The summed E-state index contributed by atoms with van der Waals surface area (Å²) in [7, 11) is 1.52. The molecule has 9 rings (SSSR count). The first kappa shape index (κ1) is 49.0. The summed E-state index contributed by atoms with van der Waals surface area (Å²) >= 11 is 0. The minimum atomic E-state index is -1.67. The fourth-order valence-electron chi connectivity index (χ4n) is 10.9. The van der Waals surface area contributed by atoms with E-state index in [-0.39, 0.29) is 38.8 Å². The van der Waals surface area contributed by atoms with E-state index in [4.69, 9.17) is 33.3 Å². The van der Waals surface area contributed by atoms with Crippen LogP contribution in [0.4, 0.5) is 0 Å². The highest BCUT2D eigenvalue weighted by Crippen LogP contribution is 2.59. The molecule has 3 aromatic rings. The van der Waals surface area contributed by atoms with Crippen molar-refractivity contribution in [2.24, 2.45) is 10.8 Å². The van der Waals surface area contributed by atoms with Gasteiger partial charge in [0, 0.05) is 50.6 Å². The second-order valence-corrected chi connectivity index (χ2v) is 21.0. The number of benzene rings is 3. The number of aliphatic hydroxyl groups is 1. The zero-order valence-corrected chi connectivity index (χ0v) is 40.3. The molecule has 1 saturated carbocycles. The molecule has 2 aliphatic carbocycles. The predicted molar refractivity (Wildman–Crippen MR) is 248 cm³/mol. The summed E-state index contributed by atoms with van der Waals surface area (Å²) in [6.45, 7) is 8.38. The molecule has 6 aliphatic rings. The van der Waals surface area contributed by atoms with Gasteiger partial charge in [-0.2, -0.15) is 5.06 Å². The number of carbonyl (C=O) groups is 6. The second-order valence-electron chi connectivity index (χ2n) is 21.0. The van der Waals surface area contributed by atoms with Crippen molar-refractivity contribution in [3.8, 4) is 0 Å². The van der Waals surface area contributed by atoms with Crippen LogP contribution in [0.15, 0.2) is 84.9 Å². The third-order valence-corrected chi connectivity index (χ3v) is 14.3. The number of nitrogens with zero attached hydrogens (tertiary/aromatic N) is 2. The molecule has 0 aromatic heterocycles. The number of rotatable bonds is 15. The van der Waals surface area contributed by atoms with Gasteiger partial charge in [0.05, 0.1) is 19.2 Å². The van der Waals surface area contributed by atoms with Crippen molar-refractivity contribution in [2.45, 2.75) is 140 Å². The number of hydrogen-bond donors (Lipinski definition) is 2. The molecule has 9 atom stereocenters. The van der Waals surface area contributed by atoms with E-state index in [0.717, 1.165) is 16.7 Å². The summed E-state index contributed by atoms with van der Waals surface area (Å²) in [5.41, 5.74) is 0.940. The summed E-state index contributed by atoms with van der Waals surface area (Å²) in [6, 6.07) is 20.9. The van der Waals surface area contributed by atoms with Crippen LogP contribution in [0.25, 0.3) is 6.08 Å². The Labute approximate surface area is 406 Å². The molecule has 5 fully saturated rings. The molecule has 70 heavy (non-hydrogen) atoms. The van der Waals surface area contributed by atoms with Crippen molar-refractivity contribution >= 4 is 41.8 Å². The van der Waals surface area contributed by atoms with Crippen LogP contribution in [-0.4, -0.2) is 131 Å². The molecule has 4 aliphatic heterocycles. The van der Waals surface area contributed by atoms with Crippen LogP contribution in [0, 0.1) is 10.8 Å². The van der Waals surface area contributed by atoms with Crippen molar-refractivity contribution in [3.63, 3.8) is 0 Å². The van der Waals surface area contributed by atoms with Crippen LogP contribution in [0.2, 0.25) is 0 Å². The third-order valence-electron chi connectivity index (χ3n) is 14.3. The maximum absolute atomic E-state index is 15.9. The lowest BCUT2D eigenvalue weighted by atomic mass is 9.62. The number of fused-ring (bicyclic) bond motifs is 5. The Kier molecular flexibility index (Phi) is 13.3. The van der Waals surface area contributed by atoms with E-state index in [0.29, 0.717) is 24.0 Å². The molecule has 2 N–H and O–H groups in total. The number of aliphatic hydroxyl groups excluding tert-OH is 1. The number of hydroxylamine groups is 2. The van der Waals surface area contributed by atoms with Crippen LogP contribution < -0.4 is 5.32 Å². The first-order valence-corrected chi connectivity index (χ1v) is 23.9. The molecule has 4 heterocycles. The SMILES string of the molecule is CN(C(=O)[C@@]12C[C@H]3OC(=O)[C@@H]1N(Cc1ccccc1C=CC(=O)O[C@H]1C(=O)OCC1(C)C)O[C@@H]2[C@H]1OC2(Cc4ccccc4C2)O[C@H]13)[C@H](Cc1ccccc1)C(=O)N[C@H](CO)CCC(=O)OC(C)(C)C. The zero-order chi connectivity index (χ0) is 49.8. The van der Waals surface area contributed by atoms with E-state index < -0.39 is 113 Å². The van der Waals surface area contributed by atoms with Gasteiger partial charge < -0.3 is 43.7 Å². The summed E-state index contributed by atoms with van der Waals surface area (Å²) in [5.74, 6) is -4.82. The van der Waals surface area contributed by atoms with E-state index in [2.05, 4.69) is 5.32 Å². The molecule has 17 heteroatoms. The molecule has 3 aromatic carbocycles. The van der Waals surface area contributed by atoms with E-state index >= 15 is 4.79 Å². The molecule has 1 spiro atoms. The summed E-state index contributed by atoms with van der Waals surface area (Å²) < 4.78 is 36.2. The lowest BCUT2D eigenvalue weighted by molar-refractivity contribution is -0.218. The lowest BCUT2D eigenvalue weighted by Crippen LogP contribution is -2.70. The minimum absolute atomic E-state index is 0.0104. The predicted octanol–water partition coefficient (Wildman–Crippen LogP) is 3.94. The van der Waals surface area contributed by atoms with Gasteiger partial charge in [-0.3, -0.25) is 24.0 Å². The first-order valence-electron chi connectivity index (χ1n) is 23.9. The molecule has 17 nitrogen and oxygen atoms in total. The monoisotopic (exact) mass is 963 g/mol. The fourth-order valence-corrected chi connectivity index (χ4v) is 10.9. The van der Waals surface area contributed by atoms with E-state index in [9.17, 15) is 29.1 Å². The molecule has 2 amide bonds. The van der Waals surface area contributed by atoms with Gasteiger partial charge in [0.2, 0.25) is 17.9 Å². The topological polar surface area (TPSA) is 206 Å². The van der Waals surface area contributed by atoms with Gasteiger partial charge in [-0.25, -0.2) is 9.59 Å².